The molecule has 0 aliphatic carbocycles. The third-order valence-electron chi connectivity index (χ3n) is 6.66. The van der Waals surface area contributed by atoms with E-state index >= 15 is 0 Å². The van der Waals surface area contributed by atoms with Crippen LogP contribution in [0.2, 0.25) is 0 Å². The number of carbonyl (C=O) groups is 1. The van der Waals surface area contributed by atoms with Gasteiger partial charge in [0, 0.05) is 42.1 Å². The van der Waals surface area contributed by atoms with Gasteiger partial charge in [-0.15, -0.1) is 0 Å². The Kier molecular flexibility index (Phi) is 5.90. The van der Waals surface area contributed by atoms with Crippen molar-refractivity contribution in [3.8, 4) is 5.69 Å². The van der Waals surface area contributed by atoms with E-state index in [2.05, 4.69) is 85.9 Å². The maximum Gasteiger partial charge on any atom is 0.221 e. The first-order chi connectivity index (χ1) is 18.1. The van der Waals surface area contributed by atoms with Crippen LogP contribution in [0.15, 0.2) is 109 Å². The maximum atomic E-state index is 11.5. The number of amides is 1. The van der Waals surface area contributed by atoms with Gasteiger partial charge in [-0.05, 0) is 83.7 Å². The molecule has 182 valence electrons. The average Bonchev–Trinajstić information content (AvgIpc) is 3.53. The molecule has 1 amide bonds. The molecule has 1 aliphatic heterocycles. The predicted molar refractivity (Wildman–Crippen MR) is 152 cm³/mol. The molecule has 0 bridgehead atoms. The lowest BCUT2D eigenvalue weighted by molar-refractivity contribution is -0.114. The minimum Gasteiger partial charge on any atom is -0.351 e. The number of carbonyl (C=O) groups excluding carboxylic acids is 1. The number of nitrogens with zero attached hydrogens (tertiary/aromatic N) is 3. The standard InChI is InChI=1S/C30H25N5OS/c1-20(36)32-23-12-15-24(16-13-23)35-29(28(33-30(35)37)26-9-4-5-17-31-26)27-10-6-18-34(27)25-14-11-21-7-2-3-8-22(21)19-25/h2-19,28-29H,1H3,(H,32,36)(H,33,37)/t28-,29-/m0/s1. The van der Waals surface area contributed by atoms with E-state index in [1.807, 2.05) is 48.7 Å². The molecule has 0 saturated carbocycles. The summed E-state index contributed by atoms with van der Waals surface area (Å²) in [5.41, 5.74) is 4.76. The van der Waals surface area contributed by atoms with Gasteiger partial charge in [-0.3, -0.25) is 9.78 Å². The molecule has 0 unspecified atom stereocenters. The van der Waals surface area contributed by atoms with Crippen molar-refractivity contribution in [3.05, 3.63) is 121 Å². The second kappa shape index (κ2) is 9.52. The summed E-state index contributed by atoms with van der Waals surface area (Å²) >= 11 is 5.88. The molecule has 2 N–H and O–H groups in total. The molecule has 6 rings (SSSR count). The molecule has 7 heteroatoms. The number of benzene rings is 3. The second-order valence-electron chi connectivity index (χ2n) is 9.06. The Labute approximate surface area is 220 Å². The predicted octanol–water partition coefficient (Wildman–Crippen LogP) is 6.16. The highest BCUT2D eigenvalue weighted by molar-refractivity contribution is 7.80. The molecule has 2 aromatic heterocycles. The molecule has 1 saturated heterocycles. The fraction of sp³-hybridized carbons (Fsp3) is 0.100. The van der Waals surface area contributed by atoms with Crippen molar-refractivity contribution in [2.45, 2.75) is 19.0 Å². The van der Waals surface area contributed by atoms with Gasteiger partial charge in [-0.1, -0.05) is 36.4 Å². The smallest absolute Gasteiger partial charge is 0.221 e. The lowest BCUT2D eigenvalue weighted by Crippen LogP contribution is -2.30. The van der Waals surface area contributed by atoms with Gasteiger partial charge in [0.1, 0.15) is 6.04 Å². The van der Waals surface area contributed by atoms with Gasteiger partial charge in [0.05, 0.1) is 11.7 Å². The van der Waals surface area contributed by atoms with Crippen LogP contribution in [0.5, 0.6) is 0 Å². The number of hydrogen-bond donors (Lipinski definition) is 2. The van der Waals surface area contributed by atoms with E-state index in [4.69, 9.17) is 12.2 Å². The van der Waals surface area contributed by atoms with Crippen LogP contribution in [0.3, 0.4) is 0 Å². The summed E-state index contributed by atoms with van der Waals surface area (Å²) in [7, 11) is 0. The zero-order valence-electron chi connectivity index (χ0n) is 20.2. The Hall–Kier alpha value is -4.49. The van der Waals surface area contributed by atoms with Crippen LogP contribution in [0, 0.1) is 0 Å². The van der Waals surface area contributed by atoms with Crippen molar-refractivity contribution in [3.63, 3.8) is 0 Å². The minimum atomic E-state index is -0.157. The highest BCUT2D eigenvalue weighted by atomic mass is 32.1. The number of nitrogens with one attached hydrogen (secondary N) is 2. The van der Waals surface area contributed by atoms with Gasteiger partial charge in [0.25, 0.3) is 0 Å². The Morgan fingerprint density at radius 1 is 0.892 bits per heavy atom. The molecule has 37 heavy (non-hydrogen) atoms. The van der Waals surface area contributed by atoms with Gasteiger partial charge < -0.3 is 20.1 Å². The van der Waals surface area contributed by atoms with Crippen LogP contribution in [-0.2, 0) is 4.79 Å². The number of anilines is 2. The summed E-state index contributed by atoms with van der Waals surface area (Å²) in [6, 6.07) is 32.5. The monoisotopic (exact) mass is 503 g/mol. The summed E-state index contributed by atoms with van der Waals surface area (Å²) in [4.78, 5) is 18.3. The number of pyridine rings is 1. The molecule has 1 fully saturated rings. The number of aromatic nitrogens is 2. The molecule has 5 aromatic rings. The average molecular weight is 504 g/mol. The molecular weight excluding hydrogens is 478 g/mol. The van der Waals surface area contributed by atoms with Crippen molar-refractivity contribution in [2.75, 3.05) is 10.2 Å². The quantitative estimate of drug-likeness (QED) is 0.281. The first-order valence-electron chi connectivity index (χ1n) is 12.1. The molecule has 0 radical (unpaired) electrons. The number of hydrogen-bond acceptors (Lipinski definition) is 3. The van der Waals surface area contributed by atoms with Gasteiger partial charge >= 0.3 is 0 Å². The molecule has 2 atom stereocenters. The number of rotatable bonds is 5. The molecule has 1 aliphatic rings. The van der Waals surface area contributed by atoms with Gasteiger partial charge in [0.2, 0.25) is 5.91 Å². The zero-order valence-corrected chi connectivity index (χ0v) is 21.0. The first kappa shape index (κ1) is 22.9. The lowest BCUT2D eigenvalue weighted by atomic mass is 10.0. The maximum absolute atomic E-state index is 11.5. The van der Waals surface area contributed by atoms with Gasteiger partial charge in [-0.25, -0.2) is 0 Å². The summed E-state index contributed by atoms with van der Waals surface area (Å²) < 4.78 is 2.22. The molecule has 6 nitrogen and oxygen atoms in total. The Balaban J connectivity index is 1.47. The summed E-state index contributed by atoms with van der Waals surface area (Å²) in [5, 5.41) is 9.37. The summed E-state index contributed by atoms with van der Waals surface area (Å²) in [5.74, 6) is -0.104. The fourth-order valence-electron chi connectivity index (χ4n) is 5.04. The van der Waals surface area contributed by atoms with E-state index in [0.717, 1.165) is 28.5 Å². The zero-order chi connectivity index (χ0) is 25.4. The van der Waals surface area contributed by atoms with Crippen LogP contribution in [-0.4, -0.2) is 20.6 Å². The normalized spacial score (nSPS) is 17.1. The van der Waals surface area contributed by atoms with E-state index in [9.17, 15) is 4.79 Å². The van der Waals surface area contributed by atoms with Crippen LogP contribution < -0.4 is 15.5 Å². The van der Waals surface area contributed by atoms with Crippen LogP contribution in [0.1, 0.15) is 30.4 Å². The van der Waals surface area contributed by atoms with Gasteiger partial charge in [0.15, 0.2) is 5.11 Å². The Morgan fingerprint density at radius 2 is 1.65 bits per heavy atom. The van der Waals surface area contributed by atoms with E-state index in [1.165, 1.54) is 17.7 Å². The van der Waals surface area contributed by atoms with E-state index < -0.39 is 0 Å². The second-order valence-corrected chi connectivity index (χ2v) is 9.45. The third-order valence-corrected chi connectivity index (χ3v) is 6.97. The highest BCUT2D eigenvalue weighted by Crippen LogP contribution is 2.42. The van der Waals surface area contributed by atoms with Crippen LogP contribution in [0.4, 0.5) is 11.4 Å². The third kappa shape index (κ3) is 4.34. The molecule has 0 spiro atoms. The summed E-state index contributed by atoms with van der Waals surface area (Å²) in [6.07, 6.45) is 3.90. The Bertz CT molecular complexity index is 1600. The topological polar surface area (TPSA) is 62.2 Å². The SMILES string of the molecule is CC(=O)Nc1ccc(N2C(=S)N[C@@H](c3ccccn3)[C@@H]2c2cccn2-c2ccc3ccccc3c2)cc1. The van der Waals surface area contributed by atoms with Crippen molar-refractivity contribution in [1.82, 2.24) is 14.9 Å². The highest BCUT2D eigenvalue weighted by Gasteiger charge is 2.42. The lowest BCUT2D eigenvalue weighted by Gasteiger charge is -2.29. The minimum absolute atomic E-state index is 0.104. The van der Waals surface area contributed by atoms with Crippen LogP contribution >= 0.6 is 12.2 Å². The number of fused-ring (bicyclic) bond motifs is 1. The van der Waals surface area contributed by atoms with Crippen molar-refractivity contribution in [2.24, 2.45) is 0 Å². The largest absolute Gasteiger partial charge is 0.351 e. The molecular formula is C30H25N5OS. The first-order valence-corrected chi connectivity index (χ1v) is 12.5. The van der Waals surface area contributed by atoms with E-state index in [0.29, 0.717) is 5.11 Å². The molecule has 3 aromatic carbocycles. The van der Waals surface area contributed by atoms with Crippen molar-refractivity contribution < 1.29 is 4.79 Å². The summed E-state index contributed by atoms with van der Waals surface area (Å²) in [6.45, 7) is 1.50. The fourth-order valence-corrected chi connectivity index (χ4v) is 5.38. The van der Waals surface area contributed by atoms with E-state index in [-0.39, 0.29) is 18.0 Å². The Morgan fingerprint density at radius 3 is 2.41 bits per heavy atom. The van der Waals surface area contributed by atoms with Crippen LogP contribution in [0.25, 0.3) is 16.5 Å². The number of thiocarbonyl (C=S) groups is 1. The van der Waals surface area contributed by atoms with Crippen molar-refractivity contribution >= 4 is 45.4 Å². The van der Waals surface area contributed by atoms with Crippen molar-refractivity contribution in [1.29, 1.82) is 0 Å². The van der Waals surface area contributed by atoms with Gasteiger partial charge in [-0.2, -0.15) is 0 Å². The van der Waals surface area contributed by atoms with E-state index in [1.54, 1.807) is 0 Å². The molecule has 3 heterocycles.